The third-order valence-corrected chi connectivity index (χ3v) is 4.55. The summed E-state index contributed by atoms with van der Waals surface area (Å²) in [5, 5.41) is 3.29. The smallest absolute Gasteiger partial charge is 0.250 e. The molecule has 0 saturated carbocycles. The van der Waals surface area contributed by atoms with E-state index < -0.39 is 12.1 Å². The SMILES string of the molecule is CC1C(=O)NC(C(C)(C)C)C(=O)N1c1ccc(I)cc1Cl. The highest BCUT2D eigenvalue weighted by molar-refractivity contribution is 14.1. The zero-order valence-electron chi connectivity index (χ0n) is 12.4. The predicted molar refractivity (Wildman–Crippen MR) is 92.5 cm³/mol. The van der Waals surface area contributed by atoms with Gasteiger partial charge in [-0.3, -0.25) is 14.5 Å². The first-order chi connectivity index (χ1) is 9.62. The van der Waals surface area contributed by atoms with Gasteiger partial charge in [-0.15, -0.1) is 0 Å². The minimum Gasteiger partial charge on any atom is -0.342 e. The van der Waals surface area contributed by atoms with Gasteiger partial charge in [0.05, 0.1) is 10.7 Å². The van der Waals surface area contributed by atoms with Crippen molar-refractivity contribution in [3.63, 3.8) is 0 Å². The van der Waals surface area contributed by atoms with Crippen LogP contribution in [0, 0.1) is 8.99 Å². The van der Waals surface area contributed by atoms with E-state index in [-0.39, 0.29) is 17.2 Å². The quantitative estimate of drug-likeness (QED) is 0.709. The van der Waals surface area contributed by atoms with Gasteiger partial charge in [-0.25, -0.2) is 0 Å². The number of carbonyl (C=O) groups excluding carboxylic acids is 2. The van der Waals surface area contributed by atoms with Gasteiger partial charge in [0.1, 0.15) is 12.1 Å². The molecule has 0 bridgehead atoms. The average molecular weight is 421 g/mol. The highest BCUT2D eigenvalue weighted by Crippen LogP contribution is 2.33. The Hall–Kier alpha value is -0.820. The molecule has 1 heterocycles. The van der Waals surface area contributed by atoms with Crippen LogP contribution in [0.5, 0.6) is 0 Å². The van der Waals surface area contributed by atoms with E-state index in [1.807, 2.05) is 26.8 Å². The molecule has 0 aliphatic carbocycles. The van der Waals surface area contributed by atoms with Crippen molar-refractivity contribution >= 4 is 51.7 Å². The lowest BCUT2D eigenvalue weighted by Crippen LogP contribution is -2.66. The van der Waals surface area contributed by atoms with E-state index in [0.29, 0.717) is 10.7 Å². The highest BCUT2D eigenvalue weighted by Gasteiger charge is 2.44. The normalized spacial score (nSPS) is 23.2. The van der Waals surface area contributed by atoms with Crippen molar-refractivity contribution in [2.75, 3.05) is 4.90 Å². The number of nitrogens with one attached hydrogen (secondary N) is 1. The molecule has 6 heteroatoms. The Balaban J connectivity index is 2.48. The van der Waals surface area contributed by atoms with Crippen LogP contribution < -0.4 is 10.2 Å². The molecule has 2 unspecified atom stereocenters. The lowest BCUT2D eigenvalue weighted by molar-refractivity contribution is -0.136. The number of benzene rings is 1. The Labute approximate surface area is 143 Å². The van der Waals surface area contributed by atoms with Crippen molar-refractivity contribution in [3.05, 3.63) is 26.8 Å². The van der Waals surface area contributed by atoms with Crippen molar-refractivity contribution < 1.29 is 9.59 Å². The number of halogens is 2. The molecule has 2 rings (SSSR count). The number of anilines is 1. The van der Waals surface area contributed by atoms with Crippen LogP contribution in [0.25, 0.3) is 0 Å². The van der Waals surface area contributed by atoms with Crippen LogP contribution in [-0.2, 0) is 9.59 Å². The largest absolute Gasteiger partial charge is 0.342 e. The lowest BCUT2D eigenvalue weighted by Gasteiger charge is -2.42. The summed E-state index contributed by atoms with van der Waals surface area (Å²) in [5.74, 6) is -0.290. The van der Waals surface area contributed by atoms with E-state index in [4.69, 9.17) is 11.6 Å². The number of carbonyl (C=O) groups is 2. The molecule has 1 aliphatic rings. The van der Waals surface area contributed by atoms with Crippen molar-refractivity contribution in [2.24, 2.45) is 5.41 Å². The first-order valence-corrected chi connectivity index (χ1v) is 8.17. The number of hydrogen-bond acceptors (Lipinski definition) is 2. The molecule has 0 radical (unpaired) electrons. The van der Waals surface area contributed by atoms with Gasteiger partial charge >= 0.3 is 0 Å². The third kappa shape index (κ3) is 3.18. The summed E-state index contributed by atoms with van der Waals surface area (Å²) < 4.78 is 0.982. The summed E-state index contributed by atoms with van der Waals surface area (Å²) in [6.07, 6.45) is 0. The standard InChI is InChI=1S/C15H18ClIN2O2/c1-8-13(20)18-12(15(2,3)4)14(21)19(8)11-6-5-9(17)7-10(11)16/h5-8,12H,1-4H3,(H,18,20). The van der Waals surface area contributed by atoms with Gasteiger partial charge in [-0.2, -0.15) is 0 Å². The van der Waals surface area contributed by atoms with E-state index in [2.05, 4.69) is 27.9 Å². The van der Waals surface area contributed by atoms with Crippen LogP contribution >= 0.6 is 34.2 Å². The summed E-state index contributed by atoms with van der Waals surface area (Å²) in [6.45, 7) is 7.50. The first-order valence-electron chi connectivity index (χ1n) is 6.71. The number of nitrogens with zero attached hydrogens (tertiary/aromatic N) is 1. The molecule has 1 N–H and O–H groups in total. The maximum Gasteiger partial charge on any atom is 0.250 e. The van der Waals surface area contributed by atoms with E-state index in [1.165, 1.54) is 4.90 Å². The van der Waals surface area contributed by atoms with Gasteiger partial charge in [-0.05, 0) is 53.1 Å². The Bertz CT molecular complexity index is 598. The molecular weight excluding hydrogens is 403 g/mol. The van der Waals surface area contributed by atoms with Crippen LogP contribution in [0.1, 0.15) is 27.7 Å². The van der Waals surface area contributed by atoms with Crippen molar-refractivity contribution in [2.45, 2.75) is 39.8 Å². The monoisotopic (exact) mass is 420 g/mol. The Morgan fingerprint density at radius 3 is 2.43 bits per heavy atom. The van der Waals surface area contributed by atoms with Gasteiger partial charge in [0.25, 0.3) is 5.91 Å². The lowest BCUT2D eigenvalue weighted by atomic mass is 9.84. The number of rotatable bonds is 1. The van der Waals surface area contributed by atoms with Gasteiger partial charge < -0.3 is 5.32 Å². The maximum atomic E-state index is 12.8. The summed E-state index contributed by atoms with van der Waals surface area (Å²) >= 11 is 8.43. The fraction of sp³-hybridized carbons (Fsp3) is 0.467. The third-order valence-electron chi connectivity index (χ3n) is 3.57. The van der Waals surface area contributed by atoms with Gasteiger partial charge in [-0.1, -0.05) is 32.4 Å². The summed E-state index contributed by atoms with van der Waals surface area (Å²) in [5.41, 5.74) is 0.222. The molecule has 1 aromatic rings. The van der Waals surface area contributed by atoms with Gasteiger partial charge in [0, 0.05) is 3.57 Å². The van der Waals surface area contributed by atoms with Crippen molar-refractivity contribution in [1.29, 1.82) is 0 Å². The first kappa shape index (κ1) is 16.5. The molecule has 4 nitrogen and oxygen atoms in total. The molecular formula is C15H18ClIN2O2. The van der Waals surface area contributed by atoms with Crippen LogP contribution in [0.4, 0.5) is 5.69 Å². The highest BCUT2D eigenvalue weighted by atomic mass is 127. The minimum absolute atomic E-state index is 0.127. The molecule has 1 fully saturated rings. The summed E-state index contributed by atoms with van der Waals surface area (Å²) in [7, 11) is 0. The summed E-state index contributed by atoms with van der Waals surface area (Å²) in [6, 6.07) is 4.32. The maximum absolute atomic E-state index is 12.8. The fourth-order valence-corrected chi connectivity index (χ4v) is 3.31. The predicted octanol–water partition coefficient (Wildman–Crippen LogP) is 3.21. The second-order valence-electron chi connectivity index (χ2n) is 6.29. The second kappa shape index (κ2) is 5.76. The number of amides is 2. The van der Waals surface area contributed by atoms with Crippen LogP contribution in [-0.4, -0.2) is 23.9 Å². The molecule has 2 atom stereocenters. The molecule has 0 aromatic heterocycles. The van der Waals surface area contributed by atoms with Gasteiger partial charge in [0.15, 0.2) is 0 Å². The van der Waals surface area contributed by atoms with E-state index in [9.17, 15) is 9.59 Å². The van der Waals surface area contributed by atoms with Gasteiger partial charge in [0.2, 0.25) is 5.91 Å². The van der Waals surface area contributed by atoms with Crippen LogP contribution in [0.2, 0.25) is 5.02 Å². The Morgan fingerprint density at radius 2 is 1.90 bits per heavy atom. The second-order valence-corrected chi connectivity index (χ2v) is 7.94. The summed E-state index contributed by atoms with van der Waals surface area (Å²) in [4.78, 5) is 26.5. The number of piperazine rings is 1. The molecule has 114 valence electrons. The fourth-order valence-electron chi connectivity index (χ4n) is 2.36. The Morgan fingerprint density at radius 1 is 1.29 bits per heavy atom. The zero-order valence-corrected chi connectivity index (χ0v) is 15.3. The van der Waals surface area contributed by atoms with E-state index >= 15 is 0 Å². The zero-order chi connectivity index (χ0) is 15.9. The number of hydrogen-bond donors (Lipinski definition) is 1. The van der Waals surface area contributed by atoms with Crippen molar-refractivity contribution in [1.82, 2.24) is 5.32 Å². The minimum atomic E-state index is -0.575. The molecule has 0 spiro atoms. The molecule has 21 heavy (non-hydrogen) atoms. The van der Waals surface area contributed by atoms with Crippen LogP contribution in [0.3, 0.4) is 0 Å². The Kier molecular flexibility index (Phi) is 4.54. The van der Waals surface area contributed by atoms with Crippen LogP contribution in [0.15, 0.2) is 18.2 Å². The molecule has 1 aromatic carbocycles. The molecule has 2 amide bonds. The van der Waals surface area contributed by atoms with E-state index in [0.717, 1.165) is 3.57 Å². The average Bonchev–Trinajstić information content (AvgIpc) is 2.35. The molecule has 1 saturated heterocycles. The van der Waals surface area contributed by atoms with Crippen molar-refractivity contribution in [3.8, 4) is 0 Å². The molecule has 1 aliphatic heterocycles. The topological polar surface area (TPSA) is 49.4 Å². The van der Waals surface area contributed by atoms with E-state index in [1.54, 1.807) is 19.1 Å².